The van der Waals surface area contributed by atoms with Gasteiger partial charge in [-0.3, -0.25) is 4.79 Å². The van der Waals surface area contributed by atoms with Crippen LogP contribution in [0.25, 0.3) is 0 Å². The summed E-state index contributed by atoms with van der Waals surface area (Å²) >= 11 is 8.67. The van der Waals surface area contributed by atoms with Gasteiger partial charge in [0.15, 0.2) is 4.34 Å². The van der Waals surface area contributed by atoms with E-state index in [1.54, 1.807) is 24.3 Å². The summed E-state index contributed by atoms with van der Waals surface area (Å²) in [5.41, 5.74) is 0.726. The molecule has 2 rings (SSSR count). The topological polar surface area (TPSA) is 66.9 Å². The average molecular weight is 357 g/mol. The average Bonchev–Trinajstić information content (AvgIpc) is 2.95. The number of nitrogens with one attached hydrogen (secondary N) is 2. The molecule has 0 radical (unpaired) electrons. The molecule has 1 aromatic heterocycles. The maximum Gasteiger partial charge on any atom is 0.237 e. The number of amides is 1. The van der Waals surface area contributed by atoms with Gasteiger partial charge in [-0.05, 0) is 37.6 Å². The third kappa shape index (κ3) is 5.15. The highest BCUT2D eigenvalue weighted by Crippen LogP contribution is 2.29. The molecule has 2 aromatic rings. The Morgan fingerprint density at radius 2 is 2.09 bits per heavy atom. The largest absolute Gasteiger partial charge is 0.360 e. The van der Waals surface area contributed by atoms with Crippen molar-refractivity contribution in [3.8, 4) is 0 Å². The Morgan fingerprint density at radius 1 is 1.36 bits per heavy atom. The smallest absolute Gasteiger partial charge is 0.237 e. The summed E-state index contributed by atoms with van der Waals surface area (Å²) in [7, 11) is 0. The van der Waals surface area contributed by atoms with E-state index >= 15 is 0 Å². The second kappa shape index (κ2) is 8.36. The lowest BCUT2D eigenvalue weighted by Gasteiger charge is -2.10. The van der Waals surface area contributed by atoms with Gasteiger partial charge in [-0.2, -0.15) is 0 Å². The SMILES string of the molecule is CCCNc1nnc(S[C@@H](C)C(=O)Nc2ccc(Cl)cc2)s1. The molecule has 118 valence electrons. The molecule has 22 heavy (non-hydrogen) atoms. The third-order valence-corrected chi connectivity index (χ3v) is 5.01. The number of hydrogen-bond acceptors (Lipinski definition) is 6. The van der Waals surface area contributed by atoms with Gasteiger partial charge < -0.3 is 10.6 Å². The molecule has 0 fully saturated rings. The molecule has 2 N–H and O–H groups in total. The maximum atomic E-state index is 12.2. The van der Waals surface area contributed by atoms with E-state index in [0.29, 0.717) is 5.02 Å². The summed E-state index contributed by atoms with van der Waals surface area (Å²) in [6.07, 6.45) is 1.03. The molecule has 8 heteroatoms. The number of rotatable bonds is 7. The molecule has 0 unspecified atom stereocenters. The first kappa shape index (κ1) is 17.1. The molecule has 1 heterocycles. The van der Waals surface area contributed by atoms with Crippen LogP contribution in [0.5, 0.6) is 0 Å². The predicted molar refractivity (Wildman–Crippen MR) is 94.1 cm³/mol. The molecule has 0 aliphatic carbocycles. The van der Waals surface area contributed by atoms with Crippen LogP contribution in [-0.4, -0.2) is 27.9 Å². The quantitative estimate of drug-likeness (QED) is 0.730. The first-order chi connectivity index (χ1) is 10.6. The lowest BCUT2D eigenvalue weighted by atomic mass is 10.3. The van der Waals surface area contributed by atoms with Crippen LogP contribution in [0, 0.1) is 0 Å². The van der Waals surface area contributed by atoms with E-state index in [1.165, 1.54) is 23.1 Å². The van der Waals surface area contributed by atoms with Gasteiger partial charge in [0.05, 0.1) is 5.25 Å². The van der Waals surface area contributed by atoms with Crippen LogP contribution < -0.4 is 10.6 Å². The van der Waals surface area contributed by atoms with E-state index in [1.807, 2.05) is 6.92 Å². The van der Waals surface area contributed by atoms with Crippen molar-refractivity contribution in [3.05, 3.63) is 29.3 Å². The summed E-state index contributed by atoms with van der Waals surface area (Å²) in [5, 5.41) is 15.3. The standard InChI is InChI=1S/C14H17ClN4OS2/c1-3-8-16-13-18-19-14(22-13)21-9(2)12(20)17-11-6-4-10(15)5-7-11/h4-7,9H,3,8H2,1-2H3,(H,16,18)(H,17,20)/t9-/m0/s1. The van der Waals surface area contributed by atoms with Crippen LogP contribution in [0.2, 0.25) is 5.02 Å². The highest BCUT2D eigenvalue weighted by atomic mass is 35.5. The van der Waals surface area contributed by atoms with Gasteiger partial charge in [0, 0.05) is 17.3 Å². The molecule has 1 amide bonds. The normalized spacial score (nSPS) is 12.0. The van der Waals surface area contributed by atoms with Crippen molar-refractivity contribution >= 4 is 51.4 Å². The molecule has 1 atom stereocenters. The molecule has 0 aliphatic rings. The number of hydrogen-bond donors (Lipinski definition) is 2. The monoisotopic (exact) mass is 356 g/mol. The van der Waals surface area contributed by atoms with E-state index in [-0.39, 0.29) is 11.2 Å². The fraction of sp³-hybridized carbons (Fsp3) is 0.357. The number of benzene rings is 1. The van der Waals surface area contributed by atoms with Crippen molar-refractivity contribution in [3.63, 3.8) is 0 Å². The predicted octanol–water partition coefficient (Wildman–Crippen LogP) is 4.13. The number of carbonyl (C=O) groups excluding carboxylic acids is 1. The second-order valence-electron chi connectivity index (χ2n) is 4.56. The first-order valence-corrected chi connectivity index (χ1v) is 8.96. The molecular formula is C14H17ClN4OS2. The summed E-state index contributed by atoms with van der Waals surface area (Å²) in [6, 6.07) is 7.03. The molecular weight excluding hydrogens is 340 g/mol. The van der Waals surface area contributed by atoms with Crippen molar-refractivity contribution in [1.82, 2.24) is 10.2 Å². The zero-order chi connectivity index (χ0) is 15.9. The number of thioether (sulfide) groups is 1. The van der Waals surface area contributed by atoms with Gasteiger partial charge in [-0.25, -0.2) is 0 Å². The lowest BCUT2D eigenvalue weighted by Crippen LogP contribution is -2.22. The number of nitrogens with zero attached hydrogens (tertiary/aromatic N) is 2. The molecule has 5 nitrogen and oxygen atoms in total. The van der Waals surface area contributed by atoms with Gasteiger partial charge in [-0.15, -0.1) is 10.2 Å². The Kier molecular flexibility index (Phi) is 6.48. The minimum Gasteiger partial charge on any atom is -0.360 e. The fourth-order valence-corrected chi connectivity index (χ4v) is 3.59. The molecule has 1 aromatic carbocycles. The van der Waals surface area contributed by atoms with Gasteiger partial charge in [0.2, 0.25) is 11.0 Å². The van der Waals surface area contributed by atoms with Crippen LogP contribution in [0.4, 0.5) is 10.8 Å². The Labute approximate surface area is 142 Å². The number of anilines is 2. The van der Waals surface area contributed by atoms with Crippen molar-refractivity contribution in [2.45, 2.75) is 29.9 Å². The van der Waals surface area contributed by atoms with Crippen LogP contribution >= 0.6 is 34.7 Å². The zero-order valence-corrected chi connectivity index (χ0v) is 14.7. The Balaban J connectivity index is 1.87. The molecule has 0 saturated heterocycles. The van der Waals surface area contributed by atoms with Crippen LogP contribution in [0.15, 0.2) is 28.6 Å². The summed E-state index contributed by atoms with van der Waals surface area (Å²) in [5.74, 6) is -0.0782. The van der Waals surface area contributed by atoms with E-state index in [0.717, 1.165) is 28.1 Å². The van der Waals surface area contributed by atoms with Gasteiger partial charge in [0.1, 0.15) is 0 Å². The summed E-state index contributed by atoms with van der Waals surface area (Å²) in [4.78, 5) is 12.2. The second-order valence-corrected chi connectivity index (χ2v) is 7.56. The molecule has 0 bridgehead atoms. The van der Waals surface area contributed by atoms with E-state index < -0.39 is 0 Å². The van der Waals surface area contributed by atoms with Crippen molar-refractivity contribution in [2.24, 2.45) is 0 Å². The van der Waals surface area contributed by atoms with Crippen molar-refractivity contribution < 1.29 is 4.79 Å². The highest BCUT2D eigenvalue weighted by molar-refractivity contribution is 8.02. The molecule has 0 aliphatic heterocycles. The maximum absolute atomic E-state index is 12.2. The third-order valence-electron chi connectivity index (χ3n) is 2.69. The van der Waals surface area contributed by atoms with Crippen LogP contribution in [0.1, 0.15) is 20.3 Å². The van der Waals surface area contributed by atoms with Gasteiger partial charge in [0.25, 0.3) is 0 Å². The van der Waals surface area contributed by atoms with Crippen molar-refractivity contribution in [2.75, 3.05) is 17.2 Å². The minimum absolute atomic E-state index is 0.0782. The van der Waals surface area contributed by atoms with E-state index in [4.69, 9.17) is 11.6 Å². The molecule has 0 spiro atoms. The Morgan fingerprint density at radius 3 is 2.77 bits per heavy atom. The number of aromatic nitrogens is 2. The van der Waals surface area contributed by atoms with Crippen molar-refractivity contribution in [1.29, 1.82) is 0 Å². The first-order valence-electron chi connectivity index (χ1n) is 6.89. The van der Waals surface area contributed by atoms with Gasteiger partial charge >= 0.3 is 0 Å². The number of halogens is 1. The summed E-state index contributed by atoms with van der Waals surface area (Å²) in [6.45, 7) is 4.80. The fourth-order valence-electron chi connectivity index (χ4n) is 1.54. The lowest BCUT2D eigenvalue weighted by molar-refractivity contribution is -0.115. The van der Waals surface area contributed by atoms with E-state index in [9.17, 15) is 4.79 Å². The number of carbonyl (C=O) groups is 1. The molecule has 0 saturated carbocycles. The highest BCUT2D eigenvalue weighted by Gasteiger charge is 2.17. The Bertz CT molecular complexity index is 618. The Hall–Kier alpha value is -1.31. The van der Waals surface area contributed by atoms with Gasteiger partial charge in [-0.1, -0.05) is 41.6 Å². The summed E-state index contributed by atoms with van der Waals surface area (Å²) < 4.78 is 0.775. The van der Waals surface area contributed by atoms with Crippen LogP contribution in [-0.2, 0) is 4.79 Å². The zero-order valence-electron chi connectivity index (χ0n) is 12.3. The van der Waals surface area contributed by atoms with E-state index in [2.05, 4.69) is 27.8 Å². The van der Waals surface area contributed by atoms with Crippen LogP contribution in [0.3, 0.4) is 0 Å². The minimum atomic E-state index is -0.261.